The number of nitrogens with two attached hydrogens (primary N) is 1. The number of piperidine rings is 1. The van der Waals surface area contributed by atoms with Crippen molar-refractivity contribution in [1.29, 1.82) is 0 Å². The van der Waals surface area contributed by atoms with Crippen molar-refractivity contribution in [3.05, 3.63) is 5.38 Å². The molecule has 2 atom stereocenters. The van der Waals surface area contributed by atoms with Crippen LogP contribution in [-0.4, -0.2) is 18.1 Å². The summed E-state index contributed by atoms with van der Waals surface area (Å²) in [5, 5.41) is 3.00. The molecule has 1 saturated heterocycles. The summed E-state index contributed by atoms with van der Waals surface area (Å²) in [5.74, 6) is 2.18. The number of thiazole rings is 1. The van der Waals surface area contributed by atoms with Crippen LogP contribution in [0.25, 0.3) is 0 Å². The van der Waals surface area contributed by atoms with Crippen LogP contribution < -0.4 is 10.6 Å². The first-order chi connectivity index (χ1) is 6.65. The lowest BCUT2D eigenvalue weighted by Crippen LogP contribution is -2.38. The molecule has 0 amide bonds. The van der Waals surface area contributed by atoms with Crippen molar-refractivity contribution in [2.45, 2.75) is 20.3 Å². The van der Waals surface area contributed by atoms with Gasteiger partial charge in [0.2, 0.25) is 0 Å². The van der Waals surface area contributed by atoms with Gasteiger partial charge in [0.15, 0.2) is 5.13 Å². The zero-order valence-corrected chi connectivity index (χ0v) is 9.55. The van der Waals surface area contributed by atoms with Gasteiger partial charge in [-0.25, -0.2) is 4.98 Å². The third-order valence-corrected chi connectivity index (χ3v) is 3.57. The molecule has 1 aliphatic rings. The van der Waals surface area contributed by atoms with Crippen LogP contribution in [0.15, 0.2) is 5.38 Å². The molecular weight excluding hydrogens is 194 g/mol. The highest BCUT2D eigenvalue weighted by atomic mass is 32.1. The first-order valence-corrected chi connectivity index (χ1v) is 5.99. The van der Waals surface area contributed by atoms with Gasteiger partial charge in [-0.1, -0.05) is 13.8 Å². The first-order valence-electron chi connectivity index (χ1n) is 5.11. The molecule has 1 aromatic heterocycles. The molecule has 78 valence electrons. The molecule has 2 N–H and O–H groups in total. The monoisotopic (exact) mass is 211 g/mol. The summed E-state index contributed by atoms with van der Waals surface area (Å²) < 4.78 is 0. The minimum Gasteiger partial charge on any atom is -0.383 e. The van der Waals surface area contributed by atoms with Crippen LogP contribution in [0.3, 0.4) is 0 Å². The summed E-state index contributed by atoms with van der Waals surface area (Å²) in [5.41, 5.74) is 5.63. The van der Waals surface area contributed by atoms with Crippen LogP contribution >= 0.6 is 11.3 Å². The van der Waals surface area contributed by atoms with Crippen molar-refractivity contribution < 1.29 is 0 Å². The lowest BCUT2D eigenvalue weighted by atomic mass is 9.92. The average molecular weight is 211 g/mol. The molecular formula is C10H17N3S. The molecule has 1 fully saturated rings. The number of anilines is 2. The molecule has 1 aliphatic heterocycles. The Kier molecular flexibility index (Phi) is 2.63. The molecule has 1 aromatic rings. The van der Waals surface area contributed by atoms with Crippen LogP contribution in [0.5, 0.6) is 0 Å². The third-order valence-electron chi connectivity index (χ3n) is 2.65. The minimum absolute atomic E-state index is 0.649. The van der Waals surface area contributed by atoms with E-state index in [1.165, 1.54) is 6.42 Å². The van der Waals surface area contributed by atoms with Gasteiger partial charge in [-0.3, -0.25) is 0 Å². The number of rotatable bonds is 1. The van der Waals surface area contributed by atoms with Gasteiger partial charge in [0.05, 0.1) is 0 Å². The van der Waals surface area contributed by atoms with Gasteiger partial charge in [-0.15, -0.1) is 11.3 Å². The van der Waals surface area contributed by atoms with Crippen molar-refractivity contribution in [1.82, 2.24) is 4.98 Å². The molecule has 0 saturated carbocycles. The molecule has 2 rings (SSSR count). The predicted molar refractivity (Wildman–Crippen MR) is 61.7 cm³/mol. The first kappa shape index (κ1) is 9.77. The molecule has 0 aromatic carbocycles. The fourth-order valence-electron chi connectivity index (χ4n) is 2.24. The quantitative estimate of drug-likeness (QED) is 0.774. The Morgan fingerprint density at radius 1 is 1.43 bits per heavy atom. The van der Waals surface area contributed by atoms with Crippen LogP contribution in [0.4, 0.5) is 10.9 Å². The number of aromatic nitrogens is 1. The Morgan fingerprint density at radius 3 is 2.57 bits per heavy atom. The fourth-order valence-corrected chi connectivity index (χ4v) is 2.98. The van der Waals surface area contributed by atoms with Gasteiger partial charge in [0, 0.05) is 18.5 Å². The Morgan fingerprint density at radius 2 is 2.07 bits per heavy atom. The Bertz CT molecular complexity index is 300. The zero-order valence-electron chi connectivity index (χ0n) is 8.73. The van der Waals surface area contributed by atoms with Crippen molar-refractivity contribution in [2.24, 2.45) is 11.8 Å². The predicted octanol–water partition coefficient (Wildman–Crippen LogP) is 2.21. The van der Waals surface area contributed by atoms with Gasteiger partial charge in [0.25, 0.3) is 0 Å². The number of nitrogen functional groups attached to an aromatic ring is 1. The topological polar surface area (TPSA) is 42.2 Å². The van der Waals surface area contributed by atoms with Crippen LogP contribution in [0, 0.1) is 11.8 Å². The summed E-state index contributed by atoms with van der Waals surface area (Å²) in [6.45, 7) is 6.85. The summed E-state index contributed by atoms with van der Waals surface area (Å²) in [7, 11) is 0. The third kappa shape index (κ3) is 2.00. The molecule has 0 aliphatic carbocycles. The van der Waals surface area contributed by atoms with Crippen molar-refractivity contribution in [3.63, 3.8) is 0 Å². The maximum absolute atomic E-state index is 5.63. The van der Waals surface area contributed by atoms with E-state index in [0.717, 1.165) is 30.1 Å². The Balaban J connectivity index is 2.10. The van der Waals surface area contributed by atoms with Crippen LogP contribution in [0.2, 0.25) is 0 Å². The smallest absolute Gasteiger partial charge is 0.187 e. The molecule has 0 unspecified atom stereocenters. The van der Waals surface area contributed by atoms with Crippen molar-refractivity contribution in [3.8, 4) is 0 Å². The molecule has 0 spiro atoms. The lowest BCUT2D eigenvalue weighted by molar-refractivity contribution is 0.356. The highest BCUT2D eigenvalue weighted by Crippen LogP contribution is 2.28. The van der Waals surface area contributed by atoms with Gasteiger partial charge in [-0.2, -0.15) is 0 Å². The van der Waals surface area contributed by atoms with E-state index in [4.69, 9.17) is 5.73 Å². The van der Waals surface area contributed by atoms with E-state index >= 15 is 0 Å². The SMILES string of the molecule is C[C@H]1C[C@H](C)CN(c2nc(N)cs2)C1. The average Bonchev–Trinajstić information content (AvgIpc) is 2.50. The van der Waals surface area contributed by atoms with Crippen molar-refractivity contribution >= 4 is 22.3 Å². The molecule has 3 nitrogen and oxygen atoms in total. The normalized spacial score (nSPS) is 28.0. The summed E-state index contributed by atoms with van der Waals surface area (Å²) in [6.07, 6.45) is 1.33. The van der Waals surface area contributed by atoms with Gasteiger partial charge >= 0.3 is 0 Å². The van der Waals surface area contributed by atoms with E-state index in [-0.39, 0.29) is 0 Å². The minimum atomic E-state index is 0.649. The second-order valence-electron chi connectivity index (χ2n) is 4.41. The van der Waals surface area contributed by atoms with E-state index in [1.54, 1.807) is 11.3 Å². The number of hydrogen-bond donors (Lipinski definition) is 1. The van der Waals surface area contributed by atoms with E-state index in [0.29, 0.717) is 5.82 Å². The summed E-state index contributed by atoms with van der Waals surface area (Å²) in [6, 6.07) is 0. The van der Waals surface area contributed by atoms with Crippen LogP contribution in [0.1, 0.15) is 20.3 Å². The van der Waals surface area contributed by atoms with Gasteiger partial charge in [0.1, 0.15) is 5.82 Å². The number of nitrogens with zero attached hydrogens (tertiary/aromatic N) is 2. The zero-order chi connectivity index (χ0) is 10.1. The summed E-state index contributed by atoms with van der Waals surface area (Å²) >= 11 is 1.65. The molecule has 2 heterocycles. The molecule has 0 bridgehead atoms. The second kappa shape index (κ2) is 3.77. The molecule has 14 heavy (non-hydrogen) atoms. The van der Waals surface area contributed by atoms with E-state index < -0.39 is 0 Å². The van der Waals surface area contributed by atoms with Crippen LogP contribution in [-0.2, 0) is 0 Å². The van der Waals surface area contributed by atoms with Crippen molar-refractivity contribution in [2.75, 3.05) is 23.7 Å². The summed E-state index contributed by atoms with van der Waals surface area (Å²) in [4.78, 5) is 6.69. The van der Waals surface area contributed by atoms with E-state index in [2.05, 4.69) is 23.7 Å². The van der Waals surface area contributed by atoms with E-state index in [1.807, 2.05) is 5.38 Å². The maximum Gasteiger partial charge on any atom is 0.187 e. The molecule has 0 radical (unpaired) electrons. The lowest BCUT2D eigenvalue weighted by Gasteiger charge is -2.34. The molecule has 4 heteroatoms. The Hall–Kier alpha value is -0.770. The Labute approximate surface area is 88.9 Å². The highest BCUT2D eigenvalue weighted by molar-refractivity contribution is 7.14. The van der Waals surface area contributed by atoms with Gasteiger partial charge < -0.3 is 10.6 Å². The number of hydrogen-bond acceptors (Lipinski definition) is 4. The maximum atomic E-state index is 5.63. The fraction of sp³-hybridized carbons (Fsp3) is 0.700. The highest BCUT2D eigenvalue weighted by Gasteiger charge is 2.23. The largest absolute Gasteiger partial charge is 0.383 e. The van der Waals surface area contributed by atoms with Gasteiger partial charge in [-0.05, 0) is 18.3 Å². The second-order valence-corrected chi connectivity index (χ2v) is 5.24. The van der Waals surface area contributed by atoms with E-state index in [9.17, 15) is 0 Å². The standard InChI is InChI=1S/C10H17N3S/c1-7-3-8(2)5-13(4-7)10-12-9(11)6-14-10/h6-8H,3-5,11H2,1-2H3/t7-,8-/m0/s1.